The van der Waals surface area contributed by atoms with Crippen LogP contribution in [-0.4, -0.2) is 53.3 Å². The number of para-hydroxylation sites is 1. The Morgan fingerprint density at radius 2 is 1.47 bits per heavy atom. The number of carbonyl (C=O) groups is 1. The van der Waals surface area contributed by atoms with E-state index in [4.69, 9.17) is 0 Å². The standard InChI is InChI=1S/C22H23N2O.3C4H9.Sn/c1-23-14-8-7-11-18(23)15-24-16-20(19-12-5-6-13-21(19)24)22(25)17-9-3-2-4-10-17;3*1-3-4-2;/h2-6,9,12-13,16,18H,7-8,11,14-15H2,1H3;3*1,3-4H2,2H3;/t18-;;;;/m0..../s1. The molecule has 1 aliphatic heterocycles. The van der Waals surface area contributed by atoms with Gasteiger partial charge in [0.25, 0.3) is 0 Å². The van der Waals surface area contributed by atoms with Crippen LogP contribution in [0.4, 0.5) is 0 Å². The molecule has 4 heteroatoms. The van der Waals surface area contributed by atoms with Gasteiger partial charge >= 0.3 is 237 Å². The maximum absolute atomic E-state index is 14.5. The topological polar surface area (TPSA) is 25.2 Å². The summed E-state index contributed by atoms with van der Waals surface area (Å²) >= 11 is -2.78. The van der Waals surface area contributed by atoms with Crippen molar-refractivity contribution in [2.75, 3.05) is 13.6 Å². The summed E-state index contributed by atoms with van der Waals surface area (Å²) in [7, 11) is 2.26. The molecule has 3 nitrogen and oxygen atoms in total. The average molecular weight is 621 g/mol. The van der Waals surface area contributed by atoms with Gasteiger partial charge in [-0.15, -0.1) is 0 Å². The molecule has 1 fully saturated rings. The molecule has 0 N–H and O–H groups in total. The molecule has 1 atom stereocenters. The maximum atomic E-state index is 14.5. The van der Waals surface area contributed by atoms with E-state index >= 15 is 0 Å². The second-order valence-corrected chi connectivity index (χ2v) is 24.9. The van der Waals surface area contributed by atoms with Gasteiger partial charge in [-0.05, 0) is 0 Å². The van der Waals surface area contributed by atoms with E-state index in [0.717, 1.165) is 23.1 Å². The van der Waals surface area contributed by atoms with Crippen molar-refractivity contribution in [1.82, 2.24) is 9.47 Å². The van der Waals surface area contributed by atoms with Crippen LogP contribution in [0.2, 0.25) is 13.3 Å². The predicted octanol–water partition coefficient (Wildman–Crippen LogP) is 8.41. The zero-order valence-corrected chi connectivity index (χ0v) is 27.3. The van der Waals surface area contributed by atoms with Crippen molar-refractivity contribution in [3.05, 3.63) is 65.9 Å². The molecule has 2 aromatic carbocycles. The van der Waals surface area contributed by atoms with Gasteiger partial charge in [-0.2, -0.15) is 0 Å². The minimum atomic E-state index is -2.78. The van der Waals surface area contributed by atoms with Gasteiger partial charge in [-0.25, -0.2) is 0 Å². The molecule has 2 heterocycles. The fourth-order valence-corrected chi connectivity index (χ4v) is 23.5. The number of aromatic nitrogens is 1. The summed E-state index contributed by atoms with van der Waals surface area (Å²) < 4.78 is 8.02. The molecule has 1 aromatic heterocycles. The van der Waals surface area contributed by atoms with Crippen LogP contribution >= 0.6 is 0 Å². The number of carbonyl (C=O) groups excluding carboxylic acids is 1. The Kier molecular flexibility index (Phi) is 11.0. The number of hydrogen-bond donors (Lipinski definition) is 0. The first kappa shape index (κ1) is 29.4. The van der Waals surface area contributed by atoms with Gasteiger partial charge in [0.05, 0.1) is 0 Å². The number of nitrogens with zero attached hydrogens (tertiary/aromatic N) is 2. The van der Waals surface area contributed by atoms with E-state index in [1.54, 1.807) is 0 Å². The molecular weight excluding hydrogens is 571 g/mol. The van der Waals surface area contributed by atoms with Gasteiger partial charge in [0.15, 0.2) is 0 Å². The van der Waals surface area contributed by atoms with Crippen LogP contribution in [0.3, 0.4) is 0 Å². The van der Waals surface area contributed by atoms with E-state index in [2.05, 4.69) is 92.0 Å². The molecule has 0 amide bonds. The summed E-state index contributed by atoms with van der Waals surface area (Å²) in [5, 5.41) is 1.11. The molecule has 1 saturated heterocycles. The molecule has 0 unspecified atom stereocenters. The van der Waals surface area contributed by atoms with Crippen LogP contribution in [0.1, 0.15) is 94.5 Å². The Bertz CT molecular complexity index is 1160. The van der Waals surface area contributed by atoms with Crippen LogP contribution in [0.5, 0.6) is 0 Å². The number of ketones is 1. The second kappa shape index (κ2) is 14.2. The summed E-state index contributed by atoms with van der Waals surface area (Å²) in [5.74, 6) is 0.248. The summed E-state index contributed by atoms with van der Waals surface area (Å²) in [6.45, 7) is 9.10. The molecule has 0 radical (unpaired) electrons. The van der Waals surface area contributed by atoms with Crippen molar-refractivity contribution in [3.8, 4) is 0 Å². The van der Waals surface area contributed by atoms with E-state index in [0.29, 0.717) is 6.04 Å². The first-order valence-electron chi connectivity index (χ1n) is 15.5. The van der Waals surface area contributed by atoms with Gasteiger partial charge < -0.3 is 0 Å². The predicted molar refractivity (Wildman–Crippen MR) is 167 cm³/mol. The van der Waals surface area contributed by atoms with E-state index < -0.39 is 18.4 Å². The molecule has 38 heavy (non-hydrogen) atoms. The quantitative estimate of drug-likeness (QED) is 0.133. The Morgan fingerprint density at radius 3 is 2.13 bits per heavy atom. The zero-order valence-electron chi connectivity index (χ0n) is 24.5. The van der Waals surface area contributed by atoms with Crippen molar-refractivity contribution in [1.29, 1.82) is 0 Å². The molecule has 0 aliphatic carbocycles. The minimum absolute atomic E-state index is 0.248. The number of likely N-dealkylation sites (tertiary alicyclic amines) is 1. The third kappa shape index (κ3) is 6.58. The molecule has 0 spiro atoms. The first-order chi connectivity index (χ1) is 18.5. The van der Waals surface area contributed by atoms with Crippen molar-refractivity contribution in [2.24, 2.45) is 0 Å². The molecule has 0 saturated carbocycles. The van der Waals surface area contributed by atoms with Gasteiger partial charge in [0.1, 0.15) is 0 Å². The van der Waals surface area contributed by atoms with Crippen molar-refractivity contribution in [2.45, 2.75) is 104 Å². The third-order valence-electron chi connectivity index (χ3n) is 9.13. The van der Waals surface area contributed by atoms with Crippen LogP contribution in [0.25, 0.3) is 10.9 Å². The van der Waals surface area contributed by atoms with Gasteiger partial charge in [0, 0.05) is 0 Å². The van der Waals surface area contributed by atoms with Crippen molar-refractivity contribution >= 4 is 38.6 Å². The van der Waals surface area contributed by atoms with Crippen molar-refractivity contribution in [3.63, 3.8) is 0 Å². The first-order valence-corrected chi connectivity index (χ1v) is 22.9. The molecule has 4 rings (SSSR count). The molecule has 0 bridgehead atoms. The Morgan fingerprint density at radius 1 is 0.842 bits per heavy atom. The van der Waals surface area contributed by atoms with E-state index in [9.17, 15) is 4.79 Å². The van der Waals surface area contributed by atoms with Crippen LogP contribution < -0.4 is 3.58 Å². The van der Waals surface area contributed by atoms with E-state index in [-0.39, 0.29) is 5.78 Å². The fourth-order valence-electron chi connectivity index (χ4n) is 6.79. The SMILES string of the molecule is CCC[CH2][Sn]([CH2]CCC)([CH2]CCC)[c]1ccccc1C(=O)c1cn(C[C@@H]2CCCCN2C)c2ccccc12. The van der Waals surface area contributed by atoms with Crippen LogP contribution in [-0.2, 0) is 6.54 Å². The number of piperidine rings is 1. The zero-order chi connectivity index (χ0) is 27.0. The van der Waals surface area contributed by atoms with Crippen LogP contribution in [0, 0.1) is 0 Å². The molecular formula is C34H50N2OSn. The summed E-state index contributed by atoms with van der Waals surface area (Å²) in [6.07, 6.45) is 13.7. The second-order valence-electron chi connectivity index (χ2n) is 11.8. The Labute approximate surface area is 235 Å². The average Bonchev–Trinajstić information content (AvgIpc) is 3.32. The number of rotatable bonds is 14. The fraction of sp³-hybridized carbons (Fsp3) is 0.559. The van der Waals surface area contributed by atoms with E-state index in [1.165, 1.54) is 86.7 Å². The molecule has 206 valence electrons. The molecule has 1 aliphatic rings. The summed E-state index contributed by atoms with van der Waals surface area (Å²) in [6, 6.07) is 18.0. The van der Waals surface area contributed by atoms with Gasteiger partial charge in [-0.3, -0.25) is 0 Å². The third-order valence-corrected chi connectivity index (χ3v) is 24.9. The normalized spacial score (nSPS) is 16.8. The Balaban J connectivity index is 1.77. The molecule has 3 aromatic rings. The van der Waals surface area contributed by atoms with Crippen LogP contribution in [0.15, 0.2) is 54.7 Å². The number of hydrogen-bond acceptors (Lipinski definition) is 2. The number of benzene rings is 2. The number of unbranched alkanes of at least 4 members (excludes halogenated alkanes) is 3. The number of fused-ring (bicyclic) bond motifs is 1. The van der Waals surface area contributed by atoms with Gasteiger partial charge in [0.2, 0.25) is 0 Å². The summed E-state index contributed by atoms with van der Waals surface area (Å²) in [4.78, 5) is 17.0. The number of likely N-dealkylation sites (N-methyl/N-ethyl adjacent to an activating group) is 1. The van der Waals surface area contributed by atoms with E-state index in [1.807, 2.05) is 0 Å². The van der Waals surface area contributed by atoms with Crippen molar-refractivity contribution < 1.29 is 4.79 Å². The van der Waals surface area contributed by atoms with Gasteiger partial charge in [-0.1, -0.05) is 0 Å². The Hall–Kier alpha value is -1.59. The monoisotopic (exact) mass is 622 g/mol. The summed E-state index contributed by atoms with van der Waals surface area (Å²) in [5.41, 5.74) is 3.11.